The maximum absolute atomic E-state index is 13.5. The highest BCUT2D eigenvalue weighted by molar-refractivity contribution is 5.85. The Bertz CT molecular complexity index is 858. The number of benzene rings is 2. The van der Waals surface area contributed by atoms with Gasteiger partial charge in [-0.05, 0) is 49.2 Å². The maximum Gasteiger partial charge on any atom is 0.332 e. The third kappa shape index (κ3) is 10.2. The molecule has 1 fully saturated rings. The van der Waals surface area contributed by atoms with Crippen molar-refractivity contribution < 1.29 is 23.0 Å². The summed E-state index contributed by atoms with van der Waals surface area (Å²) in [6, 6.07) is 13.0. The van der Waals surface area contributed by atoms with Crippen LogP contribution in [-0.4, -0.2) is 67.8 Å². The number of carbonyl (C=O) groups excluding carboxylic acids is 1. The monoisotopic (exact) mass is 530 g/mol. The van der Waals surface area contributed by atoms with E-state index >= 15 is 0 Å². The Labute approximate surface area is 218 Å². The molecule has 0 amide bonds. The molecule has 1 aliphatic rings. The molecule has 1 heterocycles. The van der Waals surface area contributed by atoms with Crippen LogP contribution in [0.2, 0.25) is 0 Å². The molecule has 5 nitrogen and oxygen atoms in total. The van der Waals surface area contributed by atoms with Crippen LogP contribution in [0.5, 0.6) is 0 Å². The van der Waals surface area contributed by atoms with Crippen molar-refractivity contribution in [2.24, 2.45) is 0 Å². The molecule has 1 saturated heterocycles. The Kier molecular flexibility index (Phi) is 14.0. The van der Waals surface area contributed by atoms with E-state index in [-0.39, 0.29) is 61.2 Å². The molecule has 35 heavy (non-hydrogen) atoms. The first-order valence-electron chi connectivity index (χ1n) is 11.3. The lowest BCUT2D eigenvalue weighted by Gasteiger charge is -2.39. The van der Waals surface area contributed by atoms with E-state index in [1.165, 1.54) is 24.3 Å². The molecule has 0 bridgehead atoms. The van der Waals surface area contributed by atoms with Gasteiger partial charge in [-0.3, -0.25) is 9.80 Å². The lowest BCUT2D eigenvalue weighted by molar-refractivity contribution is -0.152. The van der Waals surface area contributed by atoms with Gasteiger partial charge in [-0.25, -0.2) is 13.6 Å². The largest absolute Gasteiger partial charge is 0.461 e. The van der Waals surface area contributed by atoms with Gasteiger partial charge in [0, 0.05) is 32.7 Å². The summed E-state index contributed by atoms with van der Waals surface area (Å²) in [5.41, 5.74) is 1.98. The Hall–Kier alpha value is -2.03. The molecular weight excluding hydrogens is 497 g/mol. The first-order chi connectivity index (χ1) is 15.9. The lowest BCUT2D eigenvalue weighted by Crippen LogP contribution is -2.47. The second-order valence-electron chi connectivity index (χ2n) is 8.37. The normalized spacial score (nSPS) is 14.7. The SMILES string of the molecule is CC(C)OC(=O)COC/C=C\CN1CCN(C(c2ccc(F)cc2)c2ccc(F)cc2)CC1.Cl.Cl. The van der Waals surface area contributed by atoms with Crippen molar-refractivity contribution in [3.05, 3.63) is 83.4 Å². The molecule has 2 aromatic rings. The van der Waals surface area contributed by atoms with Gasteiger partial charge < -0.3 is 9.47 Å². The molecule has 0 atom stereocenters. The van der Waals surface area contributed by atoms with Crippen LogP contribution < -0.4 is 0 Å². The van der Waals surface area contributed by atoms with Crippen LogP contribution >= 0.6 is 24.8 Å². The van der Waals surface area contributed by atoms with Crippen molar-refractivity contribution in [1.29, 1.82) is 0 Å². The standard InChI is InChI=1S/C26H32F2N2O3.2ClH/c1-20(2)33-25(31)19-32-18-4-3-13-29-14-16-30(17-15-29)26(21-5-9-23(27)10-6-21)22-7-11-24(28)12-8-22;;/h3-12,20,26H,13-19H2,1-2H3;2*1H/b4-3-;;. The summed E-state index contributed by atoms with van der Waals surface area (Å²) >= 11 is 0. The van der Waals surface area contributed by atoms with E-state index < -0.39 is 0 Å². The van der Waals surface area contributed by atoms with Gasteiger partial charge in [-0.1, -0.05) is 36.4 Å². The lowest BCUT2D eigenvalue weighted by atomic mass is 9.96. The van der Waals surface area contributed by atoms with Gasteiger partial charge in [0.1, 0.15) is 18.2 Å². The predicted molar refractivity (Wildman–Crippen MR) is 138 cm³/mol. The molecule has 0 saturated carbocycles. The molecule has 0 aliphatic carbocycles. The molecule has 0 aromatic heterocycles. The second-order valence-corrected chi connectivity index (χ2v) is 8.37. The Morgan fingerprint density at radius 2 is 1.40 bits per heavy atom. The first-order valence-corrected chi connectivity index (χ1v) is 11.3. The number of carbonyl (C=O) groups is 1. The molecule has 194 valence electrons. The molecule has 1 aliphatic heterocycles. The van der Waals surface area contributed by atoms with Crippen LogP contribution in [0.3, 0.4) is 0 Å². The van der Waals surface area contributed by atoms with Crippen LogP contribution in [0, 0.1) is 11.6 Å². The fraction of sp³-hybridized carbons (Fsp3) is 0.423. The van der Waals surface area contributed by atoms with Crippen molar-refractivity contribution in [3.8, 4) is 0 Å². The van der Waals surface area contributed by atoms with E-state index in [1.54, 1.807) is 38.1 Å². The van der Waals surface area contributed by atoms with Crippen LogP contribution in [0.1, 0.15) is 31.0 Å². The third-order valence-corrected chi connectivity index (χ3v) is 5.47. The zero-order valence-electron chi connectivity index (χ0n) is 20.1. The number of piperazine rings is 1. The predicted octanol–water partition coefficient (Wildman–Crippen LogP) is 5.04. The first kappa shape index (κ1) is 31.0. The van der Waals surface area contributed by atoms with E-state index in [2.05, 4.69) is 9.80 Å². The molecule has 0 radical (unpaired) electrons. The number of halogens is 4. The number of hydrogen-bond donors (Lipinski definition) is 0. The number of rotatable bonds is 10. The van der Waals surface area contributed by atoms with E-state index in [0.29, 0.717) is 6.61 Å². The molecule has 0 N–H and O–H groups in total. The summed E-state index contributed by atoms with van der Waals surface area (Å²) in [4.78, 5) is 16.1. The smallest absolute Gasteiger partial charge is 0.332 e. The topological polar surface area (TPSA) is 42.0 Å². The fourth-order valence-electron chi connectivity index (χ4n) is 3.91. The minimum absolute atomic E-state index is 0. The summed E-state index contributed by atoms with van der Waals surface area (Å²) in [7, 11) is 0. The summed E-state index contributed by atoms with van der Waals surface area (Å²) in [5, 5.41) is 0. The molecular formula is C26H34Cl2F2N2O3. The van der Waals surface area contributed by atoms with Crippen LogP contribution in [0.25, 0.3) is 0 Å². The maximum atomic E-state index is 13.5. The van der Waals surface area contributed by atoms with Gasteiger partial charge >= 0.3 is 5.97 Å². The number of esters is 1. The van der Waals surface area contributed by atoms with Gasteiger partial charge in [-0.2, -0.15) is 0 Å². The fourth-order valence-corrected chi connectivity index (χ4v) is 3.91. The minimum Gasteiger partial charge on any atom is -0.461 e. The van der Waals surface area contributed by atoms with Crippen molar-refractivity contribution in [3.63, 3.8) is 0 Å². The van der Waals surface area contributed by atoms with Gasteiger partial charge in [-0.15, -0.1) is 24.8 Å². The van der Waals surface area contributed by atoms with E-state index in [9.17, 15) is 13.6 Å². The van der Waals surface area contributed by atoms with Crippen molar-refractivity contribution in [1.82, 2.24) is 9.80 Å². The molecule has 0 unspecified atom stereocenters. The number of nitrogens with zero attached hydrogens (tertiary/aromatic N) is 2. The summed E-state index contributed by atoms with van der Waals surface area (Å²) in [6.45, 7) is 8.16. The van der Waals surface area contributed by atoms with Crippen LogP contribution in [0.4, 0.5) is 8.78 Å². The molecule has 0 spiro atoms. The minimum atomic E-state index is -0.355. The zero-order valence-corrected chi connectivity index (χ0v) is 21.7. The van der Waals surface area contributed by atoms with Crippen molar-refractivity contribution in [2.75, 3.05) is 45.9 Å². The number of ether oxygens (including phenoxy) is 2. The highest BCUT2D eigenvalue weighted by Crippen LogP contribution is 2.30. The average Bonchev–Trinajstić information content (AvgIpc) is 2.79. The van der Waals surface area contributed by atoms with Crippen molar-refractivity contribution in [2.45, 2.75) is 26.0 Å². The van der Waals surface area contributed by atoms with Crippen molar-refractivity contribution >= 4 is 30.8 Å². The average molecular weight is 531 g/mol. The summed E-state index contributed by atoms with van der Waals surface area (Å²) in [5.74, 6) is -0.894. The van der Waals surface area contributed by atoms with E-state index in [0.717, 1.165) is 43.9 Å². The quantitative estimate of drug-likeness (QED) is 0.244. The second kappa shape index (κ2) is 15.9. The zero-order chi connectivity index (χ0) is 23.6. The Morgan fingerprint density at radius 1 is 0.886 bits per heavy atom. The molecule has 2 aromatic carbocycles. The van der Waals surface area contributed by atoms with E-state index in [4.69, 9.17) is 9.47 Å². The van der Waals surface area contributed by atoms with Crippen LogP contribution in [-0.2, 0) is 14.3 Å². The van der Waals surface area contributed by atoms with Crippen LogP contribution in [0.15, 0.2) is 60.7 Å². The van der Waals surface area contributed by atoms with Gasteiger partial charge in [0.25, 0.3) is 0 Å². The van der Waals surface area contributed by atoms with Gasteiger partial charge in [0.2, 0.25) is 0 Å². The Morgan fingerprint density at radius 3 is 1.89 bits per heavy atom. The van der Waals surface area contributed by atoms with E-state index in [1.807, 2.05) is 12.2 Å². The van der Waals surface area contributed by atoms with Gasteiger partial charge in [0.05, 0.1) is 18.8 Å². The highest BCUT2D eigenvalue weighted by Gasteiger charge is 2.26. The summed E-state index contributed by atoms with van der Waals surface area (Å²) < 4.78 is 37.3. The third-order valence-electron chi connectivity index (χ3n) is 5.47. The molecule has 3 rings (SSSR count). The number of hydrogen-bond acceptors (Lipinski definition) is 5. The Balaban J connectivity index is 0.00000306. The summed E-state index contributed by atoms with van der Waals surface area (Å²) in [6.07, 6.45) is 3.82. The highest BCUT2D eigenvalue weighted by atomic mass is 35.5. The van der Waals surface area contributed by atoms with Gasteiger partial charge in [0.15, 0.2) is 0 Å². The molecule has 9 heteroatoms.